The summed E-state index contributed by atoms with van der Waals surface area (Å²) in [6.07, 6.45) is 3.26. The van der Waals surface area contributed by atoms with E-state index in [1.54, 1.807) is 0 Å². The molecule has 0 aliphatic heterocycles. The monoisotopic (exact) mass is 235 g/mol. The molecule has 0 atom stereocenters. The van der Waals surface area contributed by atoms with Crippen molar-refractivity contribution in [3.05, 3.63) is 22.5 Å². The minimum absolute atomic E-state index is 0.225. The molecule has 0 saturated heterocycles. The highest BCUT2D eigenvalue weighted by Crippen LogP contribution is 2.36. The summed E-state index contributed by atoms with van der Waals surface area (Å²) in [4.78, 5) is 15.1. The van der Waals surface area contributed by atoms with Gasteiger partial charge in [-0.3, -0.25) is 0 Å². The van der Waals surface area contributed by atoms with Gasteiger partial charge in [0, 0.05) is 5.69 Å². The Morgan fingerprint density at radius 3 is 2.82 bits per heavy atom. The largest absolute Gasteiger partial charge is 0.461 e. The van der Waals surface area contributed by atoms with Crippen LogP contribution in [0.5, 0.6) is 0 Å². The van der Waals surface area contributed by atoms with Crippen LogP contribution in [-0.2, 0) is 17.6 Å². The first-order valence-corrected chi connectivity index (χ1v) is 6.32. The van der Waals surface area contributed by atoms with Crippen molar-refractivity contribution in [2.45, 2.75) is 47.0 Å². The Hall–Kier alpha value is -1.25. The summed E-state index contributed by atoms with van der Waals surface area (Å²) in [6, 6.07) is 0. The summed E-state index contributed by atoms with van der Waals surface area (Å²) in [5.74, 6) is -0.225. The first kappa shape index (κ1) is 12.2. The van der Waals surface area contributed by atoms with Crippen LogP contribution in [-0.4, -0.2) is 17.6 Å². The van der Waals surface area contributed by atoms with Crippen molar-refractivity contribution in [2.24, 2.45) is 5.41 Å². The van der Waals surface area contributed by atoms with E-state index in [1.165, 1.54) is 17.7 Å². The topological polar surface area (TPSA) is 42.1 Å². The Bertz CT molecular complexity index is 443. The summed E-state index contributed by atoms with van der Waals surface area (Å²) in [7, 11) is 0. The second-order valence-corrected chi connectivity index (χ2v) is 5.64. The molecular formula is C14H21NO2. The molecule has 2 rings (SSSR count). The van der Waals surface area contributed by atoms with Crippen molar-refractivity contribution in [1.29, 1.82) is 0 Å². The second kappa shape index (κ2) is 4.21. The summed E-state index contributed by atoms with van der Waals surface area (Å²) >= 11 is 0. The number of rotatable bonds is 2. The number of esters is 1. The van der Waals surface area contributed by atoms with Crippen molar-refractivity contribution in [1.82, 2.24) is 4.98 Å². The number of aromatic amines is 1. The normalized spacial score (nSPS) is 17.6. The first-order chi connectivity index (χ1) is 7.94. The van der Waals surface area contributed by atoms with E-state index in [2.05, 4.69) is 18.8 Å². The maximum Gasteiger partial charge on any atom is 0.355 e. The van der Waals surface area contributed by atoms with Gasteiger partial charge in [-0.05, 0) is 49.7 Å². The number of hydrogen-bond donors (Lipinski definition) is 1. The van der Waals surface area contributed by atoms with E-state index in [1.807, 2.05) is 13.8 Å². The predicted octanol–water partition coefficient (Wildman–Crippen LogP) is 3.01. The fourth-order valence-corrected chi connectivity index (χ4v) is 2.62. The van der Waals surface area contributed by atoms with E-state index >= 15 is 0 Å². The minimum atomic E-state index is -0.225. The van der Waals surface area contributed by atoms with Crippen LogP contribution in [0, 0.1) is 12.3 Å². The molecular weight excluding hydrogens is 214 g/mol. The summed E-state index contributed by atoms with van der Waals surface area (Å²) in [6.45, 7) is 8.82. The number of hydrogen-bond acceptors (Lipinski definition) is 2. The Morgan fingerprint density at radius 1 is 1.47 bits per heavy atom. The molecule has 0 bridgehead atoms. The van der Waals surface area contributed by atoms with E-state index in [0.29, 0.717) is 17.7 Å². The zero-order chi connectivity index (χ0) is 12.6. The molecule has 17 heavy (non-hydrogen) atoms. The third-order valence-electron chi connectivity index (χ3n) is 3.65. The molecule has 94 valence electrons. The quantitative estimate of drug-likeness (QED) is 0.801. The summed E-state index contributed by atoms with van der Waals surface area (Å²) in [5, 5.41) is 0. The number of aromatic nitrogens is 1. The number of ether oxygens (including phenoxy) is 1. The lowest BCUT2D eigenvalue weighted by atomic mass is 9.76. The summed E-state index contributed by atoms with van der Waals surface area (Å²) < 4.78 is 5.07. The van der Waals surface area contributed by atoms with Gasteiger partial charge in [-0.1, -0.05) is 13.8 Å². The minimum Gasteiger partial charge on any atom is -0.461 e. The zero-order valence-corrected chi connectivity index (χ0v) is 11.1. The van der Waals surface area contributed by atoms with Crippen LogP contribution < -0.4 is 0 Å². The average molecular weight is 235 g/mol. The number of carbonyl (C=O) groups excluding carboxylic acids is 1. The molecule has 0 fully saturated rings. The van der Waals surface area contributed by atoms with E-state index in [0.717, 1.165) is 18.4 Å². The molecule has 0 amide bonds. The van der Waals surface area contributed by atoms with Gasteiger partial charge in [0.2, 0.25) is 0 Å². The SMILES string of the molecule is CCOC(=O)c1[nH]c2c(c1C)CCC(C)(C)C2. The third-order valence-corrected chi connectivity index (χ3v) is 3.65. The number of fused-ring (bicyclic) bond motifs is 1. The van der Waals surface area contributed by atoms with Gasteiger partial charge in [0.15, 0.2) is 0 Å². The Kier molecular flexibility index (Phi) is 3.02. The predicted molar refractivity (Wildman–Crippen MR) is 67.3 cm³/mol. The van der Waals surface area contributed by atoms with Gasteiger partial charge in [-0.25, -0.2) is 4.79 Å². The molecule has 1 aromatic rings. The Labute approximate surface area is 103 Å². The molecule has 1 heterocycles. The highest BCUT2D eigenvalue weighted by Gasteiger charge is 2.30. The molecule has 3 nitrogen and oxygen atoms in total. The van der Waals surface area contributed by atoms with Crippen molar-refractivity contribution in [2.75, 3.05) is 6.61 Å². The van der Waals surface area contributed by atoms with Crippen LogP contribution in [0.4, 0.5) is 0 Å². The maximum absolute atomic E-state index is 11.8. The Morgan fingerprint density at radius 2 is 2.18 bits per heavy atom. The van der Waals surface area contributed by atoms with E-state index in [9.17, 15) is 4.79 Å². The molecule has 3 heteroatoms. The molecule has 0 unspecified atom stereocenters. The number of carbonyl (C=O) groups is 1. The second-order valence-electron chi connectivity index (χ2n) is 5.64. The number of nitrogens with one attached hydrogen (secondary N) is 1. The van der Waals surface area contributed by atoms with Crippen molar-refractivity contribution in [3.63, 3.8) is 0 Å². The lowest BCUT2D eigenvalue weighted by Crippen LogP contribution is -2.21. The highest BCUT2D eigenvalue weighted by atomic mass is 16.5. The van der Waals surface area contributed by atoms with E-state index in [-0.39, 0.29) is 5.97 Å². The Balaban J connectivity index is 2.34. The molecule has 0 spiro atoms. The van der Waals surface area contributed by atoms with Gasteiger partial charge >= 0.3 is 5.97 Å². The zero-order valence-electron chi connectivity index (χ0n) is 11.1. The smallest absolute Gasteiger partial charge is 0.355 e. The van der Waals surface area contributed by atoms with Gasteiger partial charge < -0.3 is 9.72 Å². The van der Waals surface area contributed by atoms with Crippen molar-refractivity contribution in [3.8, 4) is 0 Å². The van der Waals surface area contributed by atoms with Crippen LogP contribution >= 0.6 is 0 Å². The van der Waals surface area contributed by atoms with Crippen molar-refractivity contribution < 1.29 is 9.53 Å². The highest BCUT2D eigenvalue weighted by molar-refractivity contribution is 5.89. The molecule has 0 radical (unpaired) electrons. The van der Waals surface area contributed by atoms with E-state index in [4.69, 9.17) is 4.74 Å². The molecule has 1 aliphatic carbocycles. The van der Waals surface area contributed by atoms with Crippen LogP contribution in [0.25, 0.3) is 0 Å². The van der Waals surface area contributed by atoms with Gasteiger partial charge in [0.1, 0.15) is 5.69 Å². The van der Waals surface area contributed by atoms with Gasteiger partial charge in [-0.15, -0.1) is 0 Å². The van der Waals surface area contributed by atoms with Gasteiger partial charge in [0.05, 0.1) is 6.61 Å². The van der Waals surface area contributed by atoms with Crippen molar-refractivity contribution >= 4 is 5.97 Å². The molecule has 1 N–H and O–H groups in total. The lowest BCUT2D eigenvalue weighted by molar-refractivity contribution is 0.0519. The third kappa shape index (κ3) is 2.24. The number of H-pyrrole nitrogens is 1. The fourth-order valence-electron chi connectivity index (χ4n) is 2.62. The van der Waals surface area contributed by atoms with Crippen LogP contribution in [0.2, 0.25) is 0 Å². The maximum atomic E-state index is 11.8. The molecule has 1 aromatic heterocycles. The van der Waals surface area contributed by atoms with Crippen LogP contribution in [0.15, 0.2) is 0 Å². The average Bonchev–Trinajstić information content (AvgIpc) is 2.54. The molecule has 0 saturated carbocycles. The summed E-state index contributed by atoms with van der Waals surface area (Å²) in [5.41, 5.74) is 4.61. The standard InChI is InChI=1S/C14H21NO2/c1-5-17-13(16)12-9(2)10-6-7-14(3,4)8-11(10)15-12/h15H,5-8H2,1-4H3. The first-order valence-electron chi connectivity index (χ1n) is 6.32. The van der Waals surface area contributed by atoms with Crippen LogP contribution in [0.3, 0.4) is 0 Å². The molecule has 1 aliphatic rings. The lowest BCUT2D eigenvalue weighted by Gasteiger charge is -2.29. The van der Waals surface area contributed by atoms with E-state index < -0.39 is 0 Å². The molecule has 0 aromatic carbocycles. The van der Waals surface area contributed by atoms with Gasteiger partial charge in [-0.2, -0.15) is 0 Å². The fraction of sp³-hybridized carbons (Fsp3) is 0.643. The van der Waals surface area contributed by atoms with Gasteiger partial charge in [0.25, 0.3) is 0 Å². The van der Waals surface area contributed by atoms with Crippen LogP contribution in [0.1, 0.15) is 54.5 Å².